The number of halogens is 1. The van der Waals surface area contributed by atoms with Crippen molar-refractivity contribution in [2.75, 3.05) is 23.3 Å². The second-order valence-corrected chi connectivity index (χ2v) is 6.24. The van der Waals surface area contributed by atoms with E-state index < -0.39 is 0 Å². The van der Waals surface area contributed by atoms with Gasteiger partial charge in [-0.05, 0) is 42.7 Å². The minimum absolute atomic E-state index is 0.0921. The Bertz CT molecular complexity index is 636. The van der Waals surface area contributed by atoms with Crippen molar-refractivity contribution in [3.8, 4) is 0 Å². The highest BCUT2D eigenvalue weighted by molar-refractivity contribution is 9.10. The molecule has 1 saturated heterocycles. The van der Waals surface area contributed by atoms with Crippen molar-refractivity contribution in [2.24, 2.45) is 0 Å². The summed E-state index contributed by atoms with van der Waals surface area (Å²) in [6, 6.07) is 11.4. The third kappa shape index (κ3) is 3.82. The van der Waals surface area contributed by atoms with Crippen molar-refractivity contribution in [1.29, 1.82) is 0 Å². The molecule has 1 aliphatic heterocycles. The van der Waals surface area contributed by atoms with Gasteiger partial charge >= 0.3 is 0 Å². The number of nitrogens with one attached hydrogen (secondary N) is 1. The van der Waals surface area contributed by atoms with E-state index in [2.05, 4.69) is 36.3 Å². The van der Waals surface area contributed by atoms with Crippen LogP contribution in [0.4, 0.5) is 11.6 Å². The van der Waals surface area contributed by atoms with E-state index in [-0.39, 0.29) is 5.91 Å². The summed E-state index contributed by atoms with van der Waals surface area (Å²) in [6.45, 7) is 2.06. The van der Waals surface area contributed by atoms with Gasteiger partial charge in [0.2, 0.25) is 5.91 Å². The molecule has 3 rings (SSSR count). The molecule has 6 heteroatoms. The van der Waals surface area contributed by atoms with Gasteiger partial charge in [0.25, 0.3) is 0 Å². The van der Waals surface area contributed by atoms with Crippen molar-refractivity contribution < 1.29 is 4.79 Å². The first-order valence-corrected chi connectivity index (χ1v) is 8.13. The Morgan fingerprint density at radius 3 is 2.45 bits per heavy atom. The molecule has 0 spiro atoms. The van der Waals surface area contributed by atoms with Crippen LogP contribution in [0.3, 0.4) is 0 Å². The van der Waals surface area contributed by atoms with Crippen LogP contribution >= 0.6 is 15.9 Å². The predicted molar refractivity (Wildman–Crippen MR) is 90.0 cm³/mol. The summed E-state index contributed by atoms with van der Waals surface area (Å²) in [4.78, 5) is 14.2. The minimum atomic E-state index is -0.0921. The van der Waals surface area contributed by atoms with Gasteiger partial charge in [0.15, 0.2) is 11.6 Å². The number of nitrogens with zero attached hydrogens (tertiary/aromatic N) is 3. The zero-order valence-electron chi connectivity index (χ0n) is 12.1. The minimum Gasteiger partial charge on any atom is -0.355 e. The maximum Gasteiger partial charge on any atom is 0.229 e. The van der Waals surface area contributed by atoms with E-state index in [9.17, 15) is 4.79 Å². The highest BCUT2D eigenvalue weighted by atomic mass is 79.9. The molecule has 1 amide bonds. The molecule has 2 heterocycles. The number of carbonyl (C=O) groups excluding carboxylic acids is 1. The first-order chi connectivity index (χ1) is 10.7. The van der Waals surface area contributed by atoms with Gasteiger partial charge in [-0.3, -0.25) is 4.79 Å². The summed E-state index contributed by atoms with van der Waals surface area (Å²) in [5.41, 5.74) is 0.961. The molecule has 5 nitrogen and oxygen atoms in total. The van der Waals surface area contributed by atoms with Gasteiger partial charge in [-0.2, -0.15) is 0 Å². The van der Waals surface area contributed by atoms with Crippen LogP contribution in [0.1, 0.15) is 18.4 Å². The molecule has 1 aromatic heterocycles. The summed E-state index contributed by atoms with van der Waals surface area (Å²) in [7, 11) is 0. The number of amides is 1. The van der Waals surface area contributed by atoms with Gasteiger partial charge < -0.3 is 10.2 Å². The SMILES string of the molecule is O=C(Cc1ccc(Br)cc1)Nc1ccc(N2CCCC2)nn1. The number of aromatic nitrogens is 2. The van der Waals surface area contributed by atoms with Gasteiger partial charge in [-0.15, -0.1) is 10.2 Å². The van der Waals surface area contributed by atoms with Crippen molar-refractivity contribution >= 4 is 33.5 Å². The normalized spacial score (nSPS) is 14.1. The molecular formula is C16H17BrN4O. The summed E-state index contributed by atoms with van der Waals surface area (Å²) in [5.74, 6) is 1.28. The molecule has 1 aliphatic rings. The average molecular weight is 361 g/mol. The largest absolute Gasteiger partial charge is 0.355 e. The van der Waals surface area contributed by atoms with Crippen molar-refractivity contribution in [3.63, 3.8) is 0 Å². The second kappa shape index (κ2) is 6.87. The highest BCUT2D eigenvalue weighted by Gasteiger charge is 2.14. The zero-order chi connectivity index (χ0) is 15.4. The Morgan fingerprint density at radius 1 is 1.09 bits per heavy atom. The lowest BCUT2D eigenvalue weighted by Gasteiger charge is -2.15. The van der Waals surface area contributed by atoms with Gasteiger partial charge in [0.05, 0.1) is 6.42 Å². The molecule has 0 bridgehead atoms. The number of anilines is 2. The Balaban J connectivity index is 1.57. The number of hydrogen-bond acceptors (Lipinski definition) is 4. The Morgan fingerprint density at radius 2 is 1.82 bits per heavy atom. The molecule has 1 aromatic carbocycles. The maximum atomic E-state index is 12.0. The third-order valence-electron chi connectivity index (χ3n) is 3.63. The van der Waals surface area contributed by atoms with Crippen molar-refractivity contribution in [2.45, 2.75) is 19.3 Å². The molecule has 0 saturated carbocycles. The molecule has 0 aliphatic carbocycles. The highest BCUT2D eigenvalue weighted by Crippen LogP contribution is 2.17. The maximum absolute atomic E-state index is 12.0. The molecule has 0 unspecified atom stereocenters. The average Bonchev–Trinajstić information content (AvgIpc) is 3.05. The summed E-state index contributed by atoms with van der Waals surface area (Å²) < 4.78 is 1.00. The summed E-state index contributed by atoms with van der Waals surface area (Å²) in [6.07, 6.45) is 2.73. The van der Waals surface area contributed by atoms with Crippen LogP contribution in [0, 0.1) is 0 Å². The van der Waals surface area contributed by atoms with E-state index in [1.807, 2.05) is 30.3 Å². The van der Waals surface area contributed by atoms with Gasteiger partial charge in [0, 0.05) is 17.6 Å². The van der Waals surface area contributed by atoms with E-state index >= 15 is 0 Å². The van der Waals surface area contributed by atoms with E-state index in [4.69, 9.17) is 0 Å². The Kier molecular flexibility index (Phi) is 4.68. The summed E-state index contributed by atoms with van der Waals surface area (Å²) >= 11 is 3.38. The fourth-order valence-electron chi connectivity index (χ4n) is 2.48. The smallest absolute Gasteiger partial charge is 0.229 e. The fourth-order valence-corrected chi connectivity index (χ4v) is 2.75. The quantitative estimate of drug-likeness (QED) is 0.910. The van der Waals surface area contributed by atoms with E-state index in [1.165, 1.54) is 12.8 Å². The van der Waals surface area contributed by atoms with E-state index in [1.54, 1.807) is 6.07 Å². The van der Waals surface area contributed by atoms with E-state index in [0.717, 1.165) is 28.9 Å². The van der Waals surface area contributed by atoms with Gasteiger partial charge in [-0.25, -0.2) is 0 Å². The number of hydrogen-bond donors (Lipinski definition) is 1. The van der Waals surface area contributed by atoms with Crippen molar-refractivity contribution in [3.05, 3.63) is 46.4 Å². The number of benzene rings is 1. The molecular weight excluding hydrogens is 344 g/mol. The number of rotatable bonds is 4. The molecule has 22 heavy (non-hydrogen) atoms. The van der Waals surface area contributed by atoms with Crippen LogP contribution in [0.25, 0.3) is 0 Å². The first-order valence-electron chi connectivity index (χ1n) is 7.34. The fraction of sp³-hybridized carbons (Fsp3) is 0.312. The molecule has 0 atom stereocenters. The van der Waals surface area contributed by atoms with E-state index in [0.29, 0.717) is 12.2 Å². The van der Waals surface area contributed by atoms with Gasteiger partial charge in [-0.1, -0.05) is 28.1 Å². The van der Waals surface area contributed by atoms with Crippen LogP contribution in [0.5, 0.6) is 0 Å². The van der Waals surface area contributed by atoms with Crippen LogP contribution in [-0.2, 0) is 11.2 Å². The lowest BCUT2D eigenvalue weighted by Crippen LogP contribution is -2.20. The summed E-state index contributed by atoms with van der Waals surface area (Å²) in [5, 5.41) is 11.1. The first kappa shape index (κ1) is 15.0. The second-order valence-electron chi connectivity index (χ2n) is 5.32. The van der Waals surface area contributed by atoms with Crippen LogP contribution in [0.2, 0.25) is 0 Å². The van der Waals surface area contributed by atoms with Crippen molar-refractivity contribution in [1.82, 2.24) is 10.2 Å². The zero-order valence-corrected chi connectivity index (χ0v) is 13.7. The van der Waals surface area contributed by atoms with Gasteiger partial charge in [0.1, 0.15) is 0 Å². The topological polar surface area (TPSA) is 58.1 Å². The lowest BCUT2D eigenvalue weighted by atomic mass is 10.1. The Labute approximate surface area is 137 Å². The monoisotopic (exact) mass is 360 g/mol. The van der Waals surface area contributed by atoms with Crippen LogP contribution in [-0.4, -0.2) is 29.2 Å². The standard InChI is InChI=1S/C16H17BrN4O/c17-13-5-3-12(4-6-13)11-16(22)18-14-7-8-15(20-19-14)21-9-1-2-10-21/h3-8H,1-2,9-11H2,(H,18,19,22). The number of carbonyl (C=O) groups is 1. The molecule has 1 N–H and O–H groups in total. The molecule has 1 fully saturated rings. The Hall–Kier alpha value is -1.95. The molecule has 2 aromatic rings. The van der Waals surface area contributed by atoms with Crippen LogP contribution in [0.15, 0.2) is 40.9 Å². The predicted octanol–water partition coefficient (Wildman–Crippen LogP) is 3.02. The third-order valence-corrected chi connectivity index (χ3v) is 4.15. The van der Waals surface area contributed by atoms with Crippen LogP contribution < -0.4 is 10.2 Å². The molecule has 0 radical (unpaired) electrons. The lowest BCUT2D eigenvalue weighted by molar-refractivity contribution is -0.115. The molecule has 114 valence electrons.